The highest BCUT2D eigenvalue weighted by molar-refractivity contribution is 6.33. The minimum atomic E-state index is -0.0468. The van der Waals surface area contributed by atoms with E-state index in [1.165, 1.54) is 0 Å². The van der Waals surface area contributed by atoms with E-state index in [0.29, 0.717) is 19.6 Å². The van der Waals surface area contributed by atoms with E-state index >= 15 is 0 Å². The number of pyridine rings is 1. The monoisotopic (exact) mass is 330 g/mol. The number of nitrogens with zero attached hydrogens (tertiary/aromatic N) is 3. The third-order valence-corrected chi connectivity index (χ3v) is 4.23. The van der Waals surface area contributed by atoms with Gasteiger partial charge in [0.25, 0.3) is 0 Å². The quantitative estimate of drug-likeness (QED) is 0.941. The van der Waals surface area contributed by atoms with Crippen LogP contribution in [0.25, 0.3) is 0 Å². The molecule has 6 heteroatoms. The van der Waals surface area contributed by atoms with Crippen LogP contribution in [-0.4, -0.2) is 42.1 Å². The van der Waals surface area contributed by atoms with Gasteiger partial charge in [-0.15, -0.1) is 0 Å². The Morgan fingerprint density at radius 3 is 2.52 bits per heavy atom. The molecule has 0 unspecified atom stereocenters. The third kappa shape index (κ3) is 3.93. The van der Waals surface area contributed by atoms with Gasteiger partial charge < -0.3 is 15.1 Å². The number of halogens is 1. The number of anilines is 1. The summed E-state index contributed by atoms with van der Waals surface area (Å²) >= 11 is 6.23. The molecule has 1 aliphatic rings. The second-order valence-electron chi connectivity index (χ2n) is 5.41. The Bertz CT molecular complexity index is 657. The highest BCUT2D eigenvalue weighted by Crippen LogP contribution is 2.25. The fourth-order valence-corrected chi connectivity index (χ4v) is 2.89. The Balaban J connectivity index is 1.50. The van der Waals surface area contributed by atoms with E-state index in [2.05, 4.69) is 15.2 Å². The Labute approximate surface area is 140 Å². The molecule has 1 N–H and O–H groups in total. The predicted molar refractivity (Wildman–Crippen MR) is 91.7 cm³/mol. The van der Waals surface area contributed by atoms with Gasteiger partial charge in [-0.05, 0) is 24.3 Å². The van der Waals surface area contributed by atoms with E-state index in [4.69, 9.17) is 11.6 Å². The van der Waals surface area contributed by atoms with Crippen molar-refractivity contribution >= 4 is 23.3 Å². The fraction of sp³-hybridized carbons (Fsp3) is 0.294. The number of para-hydroxylation sites is 1. The van der Waals surface area contributed by atoms with E-state index in [1.54, 1.807) is 6.20 Å². The van der Waals surface area contributed by atoms with E-state index in [0.717, 1.165) is 29.5 Å². The number of nitrogens with one attached hydrogen (secondary N) is 1. The van der Waals surface area contributed by atoms with Gasteiger partial charge in [0.2, 0.25) is 0 Å². The first kappa shape index (κ1) is 15.6. The summed E-state index contributed by atoms with van der Waals surface area (Å²) in [6, 6.07) is 13.4. The zero-order valence-electron chi connectivity index (χ0n) is 12.8. The number of amides is 2. The molecule has 1 aliphatic heterocycles. The molecule has 0 spiro atoms. The van der Waals surface area contributed by atoms with Gasteiger partial charge >= 0.3 is 6.03 Å². The zero-order chi connectivity index (χ0) is 16.1. The van der Waals surface area contributed by atoms with Gasteiger partial charge in [0.1, 0.15) is 0 Å². The SMILES string of the molecule is O=C(NCc1ccccn1)N1CCN(c2ccccc2Cl)CC1. The van der Waals surface area contributed by atoms with Crippen molar-refractivity contribution in [1.29, 1.82) is 0 Å². The highest BCUT2D eigenvalue weighted by Gasteiger charge is 2.22. The number of hydrogen-bond donors (Lipinski definition) is 1. The summed E-state index contributed by atoms with van der Waals surface area (Å²) in [5.74, 6) is 0. The number of benzene rings is 1. The van der Waals surface area contributed by atoms with Crippen molar-refractivity contribution in [3.05, 3.63) is 59.4 Å². The van der Waals surface area contributed by atoms with E-state index in [-0.39, 0.29) is 6.03 Å². The Hall–Kier alpha value is -2.27. The standard InChI is InChI=1S/C17H19ClN4O/c18-15-6-1-2-7-16(15)21-9-11-22(12-10-21)17(23)20-13-14-5-3-4-8-19-14/h1-8H,9-13H2,(H,20,23). The molecule has 0 saturated carbocycles. The maximum Gasteiger partial charge on any atom is 0.317 e. The molecule has 2 amide bonds. The Morgan fingerprint density at radius 2 is 1.83 bits per heavy atom. The molecule has 0 aliphatic carbocycles. The minimum absolute atomic E-state index is 0.0468. The van der Waals surface area contributed by atoms with Crippen LogP contribution in [0.3, 0.4) is 0 Å². The first-order valence-electron chi connectivity index (χ1n) is 7.66. The molecular weight excluding hydrogens is 312 g/mol. The summed E-state index contributed by atoms with van der Waals surface area (Å²) in [4.78, 5) is 20.5. The summed E-state index contributed by atoms with van der Waals surface area (Å²) in [5.41, 5.74) is 1.89. The van der Waals surface area contributed by atoms with Crippen LogP contribution in [0.2, 0.25) is 5.02 Å². The maximum absolute atomic E-state index is 12.2. The largest absolute Gasteiger partial charge is 0.367 e. The number of carbonyl (C=O) groups is 1. The summed E-state index contributed by atoms with van der Waals surface area (Å²) in [5, 5.41) is 3.67. The topological polar surface area (TPSA) is 48.5 Å². The van der Waals surface area contributed by atoms with Gasteiger partial charge in [0.05, 0.1) is 22.9 Å². The number of piperazine rings is 1. The molecule has 5 nitrogen and oxygen atoms in total. The molecule has 3 rings (SSSR count). The third-order valence-electron chi connectivity index (χ3n) is 3.91. The van der Waals surface area contributed by atoms with Gasteiger partial charge in [-0.3, -0.25) is 4.98 Å². The number of rotatable bonds is 3. The molecule has 1 fully saturated rings. The van der Waals surface area contributed by atoms with Gasteiger partial charge in [-0.2, -0.15) is 0 Å². The van der Waals surface area contributed by atoms with Crippen LogP contribution in [0, 0.1) is 0 Å². The molecule has 0 atom stereocenters. The summed E-state index contributed by atoms with van der Waals surface area (Å²) in [7, 11) is 0. The van der Waals surface area contributed by atoms with Crippen LogP contribution in [0.4, 0.5) is 10.5 Å². The van der Waals surface area contributed by atoms with Crippen LogP contribution in [0.1, 0.15) is 5.69 Å². The van der Waals surface area contributed by atoms with Crippen LogP contribution in [0.15, 0.2) is 48.7 Å². The molecule has 2 aromatic rings. The smallest absolute Gasteiger partial charge is 0.317 e. The van der Waals surface area contributed by atoms with E-state index in [9.17, 15) is 4.79 Å². The zero-order valence-corrected chi connectivity index (χ0v) is 13.5. The molecule has 120 valence electrons. The average Bonchev–Trinajstić information content (AvgIpc) is 2.61. The average molecular weight is 331 g/mol. The molecule has 0 radical (unpaired) electrons. The maximum atomic E-state index is 12.2. The lowest BCUT2D eigenvalue weighted by molar-refractivity contribution is 0.194. The molecule has 0 bridgehead atoms. The first-order valence-corrected chi connectivity index (χ1v) is 8.04. The van der Waals surface area contributed by atoms with Gasteiger partial charge in [0.15, 0.2) is 0 Å². The Morgan fingerprint density at radius 1 is 1.09 bits per heavy atom. The van der Waals surface area contributed by atoms with Crippen LogP contribution >= 0.6 is 11.6 Å². The molecule has 23 heavy (non-hydrogen) atoms. The number of hydrogen-bond acceptors (Lipinski definition) is 3. The number of aromatic nitrogens is 1. The van der Waals surface area contributed by atoms with Crippen molar-refractivity contribution in [3.8, 4) is 0 Å². The minimum Gasteiger partial charge on any atom is -0.367 e. The van der Waals surface area contributed by atoms with E-state index in [1.807, 2.05) is 47.4 Å². The molecule has 2 heterocycles. The fourth-order valence-electron chi connectivity index (χ4n) is 2.64. The summed E-state index contributed by atoms with van der Waals surface area (Å²) in [6.45, 7) is 3.37. The van der Waals surface area contributed by atoms with Gasteiger partial charge in [-0.1, -0.05) is 29.8 Å². The van der Waals surface area contributed by atoms with Crippen molar-refractivity contribution in [3.63, 3.8) is 0 Å². The predicted octanol–water partition coefficient (Wildman–Crippen LogP) is 2.77. The lowest BCUT2D eigenvalue weighted by atomic mass is 10.2. The first-order chi connectivity index (χ1) is 11.2. The normalized spacial score (nSPS) is 14.7. The summed E-state index contributed by atoms with van der Waals surface area (Å²) < 4.78 is 0. The van der Waals surface area contributed by atoms with Crippen LogP contribution in [-0.2, 0) is 6.54 Å². The van der Waals surface area contributed by atoms with Crippen molar-refractivity contribution in [2.45, 2.75) is 6.54 Å². The Kier molecular flexibility index (Phi) is 4.98. The van der Waals surface area contributed by atoms with Crippen molar-refractivity contribution in [2.75, 3.05) is 31.1 Å². The number of carbonyl (C=O) groups excluding carboxylic acids is 1. The van der Waals surface area contributed by atoms with E-state index < -0.39 is 0 Å². The lowest BCUT2D eigenvalue weighted by Gasteiger charge is -2.36. The second kappa shape index (κ2) is 7.33. The van der Waals surface area contributed by atoms with Crippen molar-refractivity contribution in [2.24, 2.45) is 0 Å². The second-order valence-corrected chi connectivity index (χ2v) is 5.81. The molecule has 1 aromatic carbocycles. The van der Waals surface area contributed by atoms with Crippen LogP contribution in [0.5, 0.6) is 0 Å². The van der Waals surface area contributed by atoms with Crippen LogP contribution < -0.4 is 10.2 Å². The van der Waals surface area contributed by atoms with Gasteiger partial charge in [0, 0.05) is 32.4 Å². The van der Waals surface area contributed by atoms with Gasteiger partial charge in [-0.25, -0.2) is 4.79 Å². The van der Waals surface area contributed by atoms with Crippen molar-refractivity contribution in [1.82, 2.24) is 15.2 Å². The van der Waals surface area contributed by atoms with Crippen molar-refractivity contribution < 1.29 is 4.79 Å². The molecule has 1 aromatic heterocycles. The lowest BCUT2D eigenvalue weighted by Crippen LogP contribution is -2.51. The summed E-state index contributed by atoms with van der Waals surface area (Å²) in [6.07, 6.45) is 1.73. The molecular formula is C17H19ClN4O. The molecule has 1 saturated heterocycles. The number of urea groups is 1. The highest BCUT2D eigenvalue weighted by atomic mass is 35.5.